The van der Waals surface area contributed by atoms with Crippen molar-refractivity contribution in [2.24, 2.45) is 23.5 Å². The van der Waals surface area contributed by atoms with Gasteiger partial charge in [-0.05, 0) is 61.2 Å². The number of carbonyl (C=O) groups excluding carboxylic acids is 4. The van der Waals surface area contributed by atoms with Gasteiger partial charge in [0.2, 0.25) is 12.3 Å². The molecule has 5 N–H and O–H groups in total. The molecule has 0 spiro atoms. The van der Waals surface area contributed by atoms with Crippen molar-refractivity contribution in [3.8, 4) is 33.6 Å². The molecule has 4 rings (SSSR count). The number of imidazole rings is 2. The number of amides is 2. The van der Waals surface area contributed by atoms with E-state index < -0.39 is 12.5 Å². The molecule has 1 unspecified atom stereocenters. The zero-order valence-corrected chi connectivity index (χ0v) is 36.1. The standard InChI is InChI=1S/C33H42F2N6O.C5H10O.C2H5NO.C2H4O2.CH5N/c1-7-16-40(6)19-30-36-17-28(38-30)26-12-8-24(9-13-26)25-10-14-27(15-11-25)29-18-37-31(39-29)20-41(21-33(5,34)35)32(42)23(4)22(2)3;1-5(2)3-4-6;1-3-2-4;1-4-2-3;1-2/h8-15,17-18,22-23H,7,16,19-21H2,1-6H3,(H,36,38)(H,37,39);4-5H,3H2,1-2H3;2H,1H3,(H,3,4);2H,1H3;2H2,1H3. The van der Waals surface area contributed by atoms with Crippen molar-refractivity contribution in [1.29, 1.82) is 0 Å². The molecule has 2 aromatic carbocycles. The minimum atomic E-state index is -3.00. The largest absolute Gasteiger partial charge is 0.471 e. The summed E-state index contributed by atoms with van der Waals surface area (Å²) in [6.07, 6.45) is 6.93. The van der Waals surface area contributed by atoms with E-state index in [1.54, 1.807) is 20.2 Å². The van der Waals surface area contributed by atoms with E-state index in [1.807, 2.05) is 58.2 Å². The van der Waals surface area contributed by atoms with Crippen LogP contribution in [0.15, 0.2) is 60.9 Å². The molecule has 0 saturated heterocycles. The molecule has 0 aliphatic rings. The second-order valence-electron chi connectivity index (χ2n) is 14.2. The highest BCUT2D eigenvalue weighted by atomic mass is 19.3. The quantitative estimate of drug-likeness (QED) is 0.0802. The molecule has 0 aliphatic heterocycles. The van der Waals surface area contributed by atoms with Crippen LogP contribution in [-0.4, -0.2) is 102 Å². The Bertz CT molecular complexity index is 1700. The summed E-state index contributed by atoms with van der Waals surface area (Å²) in [6, 6.07) is 16.4. The molecule has 322 valence electrons. The molecule has 0 aliphatic carbocycles. The first-order valence-corrected chi connectivity index (χ1v) is 19.3. The Labute approximate surface area is 343 Å². The molecule has 1 atom stereocenters. The number of hydrogen-bond donors (Lipinski definition) is 4. The number of nitrogens with zero attached hydrogens (tertiary/aromatic N) is 4. The van der Waals surface area contributed by atoms with Crippen molar-refractivity contribution in [3.05, 3.63) is 72.6 Å². The number of rotatable bonds is 17. The summed E-state index contributed by atoms with van der Waals surface area (Å²) < 4.78 is 31.6. The van der Waals surface area contributed by atoms with E-state index in [-0.39, 0.29) is 24.3 Å². The summed E-state index contributed by atoms with van der Waals surface area (Å²) in [5, 5.41) is 2.25. The molecule has 15 heteroatoms. The lowest BCUT2D eigenvalue weighted by molar-refractivity contribution is -0.142. The van der Waals surface area contributed by atoms with Gasteiger partial charge in [-0.2, -0.15) is 0 Å². The van der Waals surface area contributed by atoms with Crippen LogP contribution in [-0.2, 0) is 37.0 Å². The molecule has 13 nitrogen and oxygen atoms in total. The number of carbonyl (C=O) groups is 4. The van der Waals surface area contributed by atoms with Gasteiger partial charge in [0.15, 0.2) is 0 Å². The third-order valence-corrected chi connectivity index (χ3v) is 8.30. The summed E-state index contributed by atoms with van der Waals surface area (Å²) in [5.74, 6) is -1.66. The fourth-order valence-corrected chi connectivity index (χ4v) is 5.07. The van der Waals surface area contributed by atoms with Gasteiger partial charge >= 0.3 is 0 Å². The Morgan fingerprint density at radius 2 is 1.28 bits per heavy atom. The predicted molar refractivity (Wildman–Crippen MR) is 228 cm³/mol. The number of benzene rings is 2. The minimum absolute atomic E-state index is 0.00296. The third kappa shape index (κ3) is 20.8. The second kappa shape index (κ2) is 29.0. The SMILES string of the molecule is CC(C)CC=O.CCCN(C)Cc1ncc(-c2ccc(-c3ccc(-c4cnc(CN(CC(C)(F)F)C(=O)C(C)C(C)C)[nH]4)cc3)cc2)[nH]1.CN.CNC=O.COC=O. The van der Waals surface area contributed by atoms with Gasteiger partial charge in [0.1, 0.15) is 17.9 Å². The zero-order valence-electron chi connectivity index (χ0n) is 36.1. The van der Waals surface area contributed by atoms with Crippen LogP contribution < -0.4 is 11.1 Å². The molecule has 0 fully saturated rings. The number of nitrogens with one attached hydrogen (secondary N) is 3. The van der Waals surface area contributed by atoms with Crippen LogP contribution in [0.5, 0.6) is 0 Å². The zero-order chi connectivity index (χ0) is 44.3. The van der Waals surface area contributed by atoms with E-state index in [0.29, 0.717) is 31.0 Å². The number of halogens is 2. The molecular formula is C43H66F2N8O5. The van der Waals surface area contributed by atoms with Gasteiger partial charge in [0.25, 0.3) is 12.4 Å². The number of ether oxygens (including phenoxy) is 1. The van der Waals surface area contributed by atoms with Crippen LogP contribution in [0.2, 0.25) is 0 Å². The smallest absolute Gasteiger partial charge is 0.292 e. The maximum Gasteiger partial charge on any atom is 0.292 e. The summed E-state index contributed by atoms with van der Waals surface area (Å²) in [6.45, 7) is 14.2. The first kappa shape index (κ1) is 52.7. The molecular weight excluding hydrogens is 747 g/mol. The van der Waals surface area contributed by atoms with Gasteiger partial charge in [0, 0.05) is 26.3 Å². The first-order valence-electron chi connectivity index (χ1n) is 19.3. The average Bonchev–Trinajstić information content (AvgIpc) is 3.88. The number of alkyl halides is 2. The monoisotopic (exact) mass is 813 g/mol. The van der Waals surface area contributed by atoms with Crippen LogP contribution in [0.25, 0.3) is 33.6 Å². The average molecular weight is 813 g/mol. The molecule has 0 saturated carbocycles. The van der Waals surface area contributed by atoms with Gasteiger partial charge in [0.05, 0.1) is 50.5 Å². The van der Waals surface area contributed by atoms with Crippen molar-refractivity contribution < 1.29 is 32.7 Å². The Kier molecular flexibility index (Phi) is 26.4. The van der Waals surface area contributed by atoms with E-state index in [0.717, 1.165) is 72.2 Å². The van der Waals surface area contributed by atoms with Crippen molar-refractivity contribution in [2.45, 2.75) is 80.3 Å². The number of aldehydes is 1. The number of aromatic nitrogens is 4. The highest BCUT2D eigenvalue weighted by Crippen LogP contribution is 2.27. The minimum Gasteiger partial charge on any atom is -0.471 e. The Morgan fingerprint density at radius 1 is 0.862 bits per heavy atom. The second-order valence-corrected chi connectivity index (χ2v) is 14.2. The number of hydrogen-bond acceptors (Lipinski definition) is 9. The molecule has 4 aromatic rings. The van der Waals surface area contributed by atoms with Gasteiger partial charge in [-0.3, -0.25) is 19.3 Å². The lowest BCUT2D eigenvalue weighted by atomic mass is 9.96. The molecule has 2 aromatic heterocycles. The molecule has 2 amide bonds. The van der Waals surface area contributed by atoms with E-state index in [2.05, 4.69) is 78.9 Å². The highest BCUT2D eigenvalue weighted by molar-refractivity contribution is 5.79. The highest BCUT2D eigenvalue weighted by Gasteiger charge is 2.32. The van der Waals surface area contributed by atoms with Crippen LogP contribution in [0.4, 0.5) is 8.78 Å². The fraction of sp³-hybridized carbons (Fsp3) is 0.488. The first-order chi connectivity index (χ1) is 27.5. The molecule has 0 bridgehead atoms. The molecule has 2 heterocycles. The van der Waals surface area contributed by atoms with E-state index in [1.165, 1.54) is 19.1 Å². The fourth-order valence-electron chi connectivity index (χ4n) is 5.07. The molecule has 0 radical (unpaired) electrons. The van der Waals surface area contributed by atoms with Crippen molar-refractivity contribution in [1.82, 2.24) is 35.1 Å². The van der Waals surface area contributed by atoms with E-state index in [9.17, 15) is 18.4 Å². The van der Waals surface area contributed by atoms with Crippen LogP contribution in [0, 0.1) is 17.8 Å². The van der Waals surface area contributed by atoms with Crippen molar-refractivity contribution >= 4 is 25.1 Å². The molecule has 58 heavy (non-hydrogen) atoms. The third-order valence-electron chi connectivity index (χ3n) is 8.30. The summed E-state index contributed by atoms with van der Waals surface area (Å²) in [4.78, 5) is 59.6. The van der Waals surface area contributed by atoms with E-state index >= 15 is 0 Å². The number of methoxy groups -OCH3 is 1. The summed E-state index contributed by atoms with van der Waals surface area (Å²) in [7, 11) is 6.47. The van der Waals surface area contributed by atoms with Crippen LogP contribution in [0.1, 0.15) is 73.0 Å². The number of H-pyrrole nitrogens is 2. The van der Waals surface area contributed by atoms with Gasteiger partial charge in [-0.15, -0.1) is 0 Å². The Balaban J connectivity index is 0.00000173. The lowest BCUT2D eigenvalue weighted by Gasteiger charge is -2.29. The lowest BCUT2D eigenvalue weighted by Crippen LogP contribution is -2.42. The van der Waals surface area contributed by atoms with Gasteiger partial charge in [-0.25, -0.2) is 18.7 Å². The predicted octanol–water partition coefficient (Wildman–Crippen LogP) is 7.21. The van der Waals surface area contributed by atoms with Crippen LogP contribution in [0.3, 0.4) is 0 Å². The number of nitrogens with two attached hydrogens (primary N) is 1. The van der Waals surface area contributed by atoms with Crippen molar-refractivity contribution in [2.75, 3.05) is 41.3 Å². The van der Waals surface area contributed by atoms with Crippen molar-refractivity contribution in [3.63, 3.8) is 0 Å². The topological polar surface area (TPSA) is 179 Å². The number of aromatic amines is 2. The summed E-state index contributed by atoms with van der Waals surface area (Å²) in [5.41, 5.74) is 10.4. The van der Waals surface area contributed by atoms with Gasteiger partial charge in [-0.1, -0.05) is 90.1 Å². The maximum absolute atomic E-state index is 13.9. The Morgan fingerprint density at radius 3 is 1.59 bits per heavy atom. The van der Waals surface area contributed by atoms with Gasteiger partial charge < -0.3 is 35.4 Å². The van der Waals surface area contributed by atoms with E-state index in [4.69, 9.17) is 9.59 Å². The summed E-state index contributed by atoms with van der Waals surface area (Å²) >= 11 is 0. The normalized spacial score (nSPS) is 11.0. The maximum atomic E-state index is 13.9. The van der Waals surface area contributed by atoms with Crippen LogP contribution >= 0.6 is 0 Å². The Hall–Kier alpha value is -5.28.